The molecule has 7 heteroatoms. The lowest BCUT2D eigenvalue weighted by molar-refractivity contribution is 0.00675. The van der Waals surface area contributed by atoms with E-state index in [0.29, 0.717) is 25.3 Å². The van der Waals surface area contributed by atoms with E-state index in [4.69, 9.17) is 20.4 Å². The van der Waals surface area contributed by atoms with Crippen molar-refractivity contribution in [3.8, 4) is 5.75 Å². The monoisotopic (exact) mass is 293 g/mol. The Bertz CT molecular complexity index is 515. The highest BCUT2D eigenvalue weighted by atomic mass is 16.5. The van der Waals surface area contributed by atoms with Gasteiger partial charge in [0, 0.05) is 12.1 Å². The zero-order valence-electron chi connectivity index (χ0n) is 11.9. The average Bonchev–Trinajstić information content (AvgIpc) is 2.54. The Labute approximate surface area is 122 Å². The molecule has 0 radical (unpaired) electrons. The van der Waals surface area contributed by atoms with Crippen LogP contribution in [0.1, 0.15) is 17.3 Å². The van der Waals surface area contributed by atoms with Gasteiger partial charge in [-0.2, -0.15) is 0 Å². The highest BCUT2D eigenvalue weighted by Crippen LogP contribution is 2.15. The zero-order valence-corrected chi connectivity index (χ0v) is 11.9. The Morgan fingerprint density at radius 3 is 2.86 bits per heavy atom. The first-order chi connectivity index (χ1) is 10.2. The molecule has 1 fully saturated rings. The summed E-state index contributed by atoms with van der Waals surface area (Å²) in [6, 6.07) is 6.97. The fourth-order valence-electron chi connectivity index (χ4n) is 2.12. The number of hydrogen-bond acceptors (Lipinski definition) is 5. The Morgan fingerprint density at radius 2 is 2.24 bits per heavy atom. The van der Waals surface area contributed by atoms with Gasteiger partial charge in [0.15, 0.2) is 5.84 Å². The van der Waals surface area contributed by atoms with Crippen molar-refractivity contribution in [3.63, 3.8) is 0 Å². The van der Waals surface area contributed by atoms with Gasteiger partial charge >= 0.3 is 0 Å². The molecule has 0 aromatic heterocycles. The predicted molar refractivity (Wildman–Crippen MR) is 76.7 cm³/mol. The molecule has 0 bridgehead atoms. The minimum absolute atomic E-state index is 0.0285. The molecule has 0 aliphatic carbocycles. The third-order valence-electron chi connectivity index (χ3n) is 3.21. The van der Waals surface area contributed by atoms with Crippen molar-refractivity contribution in [2.24, 2.45) is 10.9 Å². The second-order valence-electron chi connectivity index (χ2n) is 4.59. The molecule has 114 valence electrons. The number of oxime groups is 1. The highest BCUT2D eigenvalue weighted by Gasteiger charge is 2.27. The molecular formula is C14H19N3O4. The fourth-order valence-corrected chi connectivity index (χ4v) is 2.12. The molecule has 1 amide bonds. The molecule has 1 saturated heterocycles. The SMILES string of the molecule is CCOc1ccc(C(=O)N2CCOC(C(N)=NO)C2)cc1. The molecule has 1 aliphatic rings. The van der Waals surface area contributed by atoms with E-state index in [-0.39, 0.29) is 18.3 Å². The van der Waals surface area contributed by atoms with Crippen molar-refractivity contribution in [1.82, 2.24) is 4.90 Å². The van der Waals surface area contributed by atoms with Gasteiger partial charge < -0.3 is 25.3 Å². The first-order valence-electron chi connectivity index (χ1n) is 6.77. The van der Waals surface area contributed by atoms with Crippen LogP contribution in [0.4, 0.5) is 0 Å². The number of benzene rings is 1. The minimum atomic E-state index is -0.574. The second-order valence-corrected chi connectivity index (χ2v) is 4.59. The Hall–Kier alpha value is -2.28. The molecule has 0 saturated carbocycles. The lowest BCUT2D eigenvalue weighted by Gasteiger charge is -2.32. The van der Waals surface area contributed by atoms with Gasteiger partial charge in [-0.1, -0.05) is 5.16 Å². The Morgan fingerprint density at radius 1 is 1.52 bits per heavy atom. The summed E-state index contributed by atoms with van der Waals surface area (Å²) in [7, 11) is 0. The maximum absolute atomic E-state index is 12.4. The summed E-state index contributed by atoms with van der Waals surface area (Å²) < 4.78 is 10.7. The van der Waals surface area contributed by atoms with Gasteiger partial charge in [-0.05, 0) is 31.2 Å². The second kappa shape index (κ2) is 6.94. The molecule has 2 rings (SSSR count). The third kappa shape index (κ3) is 3.63. The summed E-state index contributed by atoms with van der Waals surface area (Å²) in [4.78, 5) is 14.0. The number of ether oxygens (including phenoxy) is 2. The van der Waals surface area contributed by atoms with E-state index in [1.54, 1.807) is 29.2 Å². The number of rotatable bonds is 4. The van der Waals surface area contributed by atoms with Crippen molar-refractivity contribution in [2.45, 2.75) is 13.0 Å². The quantitative estimate of drug-likeness (QED) is 0.368. The van der Waals surface area contributed by atoms with E-state index in [2.05, 4.69) is 5.16 Å². The van der Waals surface area contributed by atoms with Crippen LogP contribution in [0, 0.1) is 0 Å². The maximum atomic E-state index is 12.4. The topological polar surface area (TPSA) is 97.4 Å². The summed E-state index contributed by atoms with van der Waals surface area (Å²) in [5.41, 5.74) is 6.09. The van der Waals surface area contributed by atoms with Crippen molar-refractivity contribution in [3.05, 3.63) is 29.8 Å². The molecule has 0 spiro atoms. The van der Waals surface area contributed by atoms with E-state index >= 15 is 0 Å². The number of amidine groups is 1. The van der Waals surface area contributed by atoms with E-state index < -0.39 is 6.10 Å². The zero-order chi connectivity index (χ0) is 15.2. The van der Waals surface area contributed by atoms with Crippen LogP contribution in [0.5, 0.6) is 5.75 Å². The van der Waals surface area contributed by atoms with Crippen LogP contribution in [0.2, 0.25) is 0 Å². The van der Waals surface area contributed by atoms with Crippen LogP contribution in [-0.2, 0) is 4.74 Å². The summed E-state index contributed by atoms with van der Waals surface area (Å²) >= 11 is 0. The molecule has 21 heavy (non-hydrogen) atoms. The number of hydrogen-bond donors (Lipinski definition) is 2. The Balaban J connectivity index is 2.05. The molecule has 7 nitrogen and oxygen atoms in total. The largest absolute Gasteiger partial charge is 0.494 e. The minimum Gasteiger partial charge on any atom is -0.494 e. The van der Waals surface area contributed by atoms with Crippen LogP contribution in [0.25, 0.3) is 0 Å². The van der Waals surface area contributed by atoms with Gasteiger partial charge in [-0.15, -0.1) is 0 Å². The van der Waals surface area contributed by atoms with Gasteiger partial charge in [0.2, 0.25) is 0 Å². The highest BCUT2D eigenvalue weighted by molar-refractivity contribution is 5.95. The van der Waals surface area contributed by atoms with E-state index in [1.807, 2.05) is 6.92 Å². The van der Waals surface area contributed by atoms with Crippen molar-refractivity contribution >= 4 is 11.7 Å². The summed E-state index contributed by atoms with van der Waals surface area (Å²) in [5.74, 6) is 0.585. The molecule has 1 heterocycles. The average molecular weight is 293 g/mol. The molecular weight excluding hydrogens is 274 g/mol. The lowest BCUT2D eigenvalue weighted by atomic mass is 10.1. The number of nitrogens with zero attached hydrogens (tertiary/aromatic N) is 2. The smallest absolute Gasteiger partial charge is 0.254 e. The molecule has 3 N–H and O–H groups in total. The van der Waals surface area contributed by atoms with Crippen LogP contribution in [0.3, 0.4) is 0 Å². The Kier molecular flexibility index (Phi) is 4.99. The summed E-state index contributed by atoms with van der Waals surface area (Å²) in [6.07, 6.45) is -0.574. The van der Waals surface area contributed by atoms with Crippen LogP contribution in [-0.4, -0.2) is 54.3 Å². The number of amides is 1. The van der Waals surface area contributed by atoms with Gasteiger partial charge in [0.1, 0.15) is 11.9 Å². The third-order valence-corrected chi connectivity index (χ3v) is 3.21. The lowest BCUT2D eigenvalue weighted by Crippen LogP contribution is -2.50. The van der Waals surface area contributed by atoms with Crippen molar-refractivity contribution in [2.75, 3.05) is 26.3 Å². The van der Waals surface area contributed by atoms with Crippen LogP contribution < -0.4 is 10.5 Å². The van der Waals surface area contributed by atoms with Crippen molar-refractivity contribution in [1.29, 1.82) is 0 Å². The molecule has 1 aromatic rings. The van der Waals surface area contributed by atoms with Gasteiger partial charge in [-0.3, -0.25) is 4.79 Å². The molecule has 1 aliphatic heterocycles. The fraction of sp³-hybridized carbons (Fsp3) is 0.429. The predicted octanol–water partition coefficient (Wildman–Crippen LogP) is 0.673. The van der Waals surface area contributed by atoms with Crippen molar-refractivity contribution < 1.29 is 19.5 Å². The van der Waals surface area contributed by atoms with Crippen LogP contribution >= 0.6 is 0 Å². The number of carbonyl (C=O) groups excluding carboxylic acids is 1. The van der Waals surface area contributed by atoms with Gasteiger partial charge in [0.05, 0.1) is 19.8 Å². The standard InChI is InChI=1S/C14H19N3O4/c1-2-20-11-5-3-10(4-6-11)14(18)17-7-8-21-12(9-17)13(15)16-19/h3-6,12,19H,2,7-9H2,1H3,(H2,15,16). The normalized spacial score (nSPS) is 19.4. The molecule has 1 unspecified atom stereocenters. The number of morpholine rings is 1. The van der Waals surface area contributed by atoms with Crippen LogP contribution in [0.15, 0.2) is 29.4 Å². The summed E-state index contributed by atoms with van der Waals surface area (Å²) in [6.45, 7) is 3.57. The first kappa shape index (κ1) is 15.1. The van der Waals surface area contributed by atoms with Gasteiger partial charge in [0.25, 0.3) is 5.91 Å². The van der Waals surface area contributed by atoms with E-state index in [1.165, 1.54) is 0 Å². The summed E-state index contributed by atoms with van der Waals surface area (Å²) in [5, 5.41) is 11.6. The molecule has 1 aromatic carbocycles. The number of nitrogens with two attached hydrogens (primary N) is 1. The maximum Gasteiger partial charge on any atom is 0.254 e. The number of carbonyl (C=O) groups is 1. The first-order valence-corrected chi connectivity index (χ1v) is 6.77. The van der Waals surface area contributed by atoms with Gasteiger partial charge in [-0.25, -0.2) is 0 Å². The van der Waals surface area contributed by atoms with E-state index in [0.717, 1.165) is 5.75 Å². The molecule has 1 atom stereocenters. The van der Waals surface area contributed by atoms with E-state index in [9.17, 15) is 4.79 Å².